The zero-order valence-corrected chi connectivity index (χ0v) is 17.5. The van der Waals surface area contributed by atoms with Crippen molar-refractivity contribution in [1.82, 2.24) is 14.5 Å². The number of nitrogens with zero attached hydrogens (tertiary/aromatic N) is 2. The van der Waals surface area contributed by atoms with Gasteiger partial charge in [0.25, 0.3) is 5.56 Å². The van der Waals surface area contributed by atoms with Crippen molar-refractivity contribution in [3.05, 3.63) is 70.1 Å². The van der Waals surface area contributed by atoms with Crippen molar-refractivity contribution in [3.63, 3.8) is 0 Å². The first kappa shape index (κ1) is 19.5. The Labute approximate surface area is 173 Å². The molecule has 2 aromatic carbocycles. The highest BCUT2D eigenvalue weighted by molar-refractivity contribution is 7.99. The third kappa shape index (κ3) is 3.49. The van der Waals surface area contributed by atoms with Gasteiger partial charge in [-0.05, 0) is 38.5 Å². The second kappa shape index (κ2) is 7.87. The SMILES string of the molecule is CC[C@H](C)n1c(SCC(=O)c2c(C)[nH]c3ccccc23)nc2ccccc2c1=O. The molecule has 1 atom stereocenters. The number of benzene rings is 2. The third-order valence-corrected chi connectivity index (χ3v) is 6.26. The second-order valence-electron chi connectivity index (χ2n) is 7.23. The Morgan fingerprint density at radius 2 is 1.83 bits per heavy atom. The average Bonchev–Trinajstić information content (AvgIpc) is 3.07. The molecule has 29 heavy (non-hydrogen) atoms. The molecule has 0 bridgehead atoms. The summed E-state index contributed by atoms with van der Waals surface area (Å²) in [7, 11) is 0. The van der Waals surface area contributed by atoms with E-state index in [9.17, 15) is 9.59 Å². The minimum Gasteiger partial charge on any atom is -0.358 e. The van der Waals surface area contributed by atoms with Crippen LogP contribution in [0.2, 0.25) is 0 Å². The van der Waals surface area contributed by atoms with E-state index in [-0.39, 0.29) is 23.1 Å². The predicted molar refractivity (Wildman–Crippen MR) is 119 cm³/mol. The van der Waals surface area contributed by atoms with Crippen LogP contribution < -0.4 is 5.56 Å². The zero-order valence-electron chi connectivity index (χ0n) is 16.7. The quantitative estimate of drug-likeness (QED) is 0.274. The number of carbonyl (C=O) groups excluding carboxylic acids is 1. The van der Waals surface area contributed by atoms with Crippen LogP contribution in [0, 0.1) is 6.92 Å². The van der Waals surface area contributed by atoms with Crippen LogP contribution in [0.5, 0.6) is 0 Å². The number of H-pyrrole nitrogens is 1. The van der Waals surface area contributed by atoms with Crippen molar-refractivity contribution >= 4 is 39.4 Å². The van der Waals surface area contributed by atoms with E-state index in [0.717, 1.165) is 23.0 Å². The maximum atomic E-state index is 13.1. The Morgan fingerprint density at radius 1 is 1.14 bits per heavy atom. The molecule has 2 heterocycles. The minimum atomic E-state index is -0.0526. The number of fused-ring (bicyclic) bond motifs is 2. The van der Waals surface area contributed by atoms with Crippen molar-refractivity contribution < 1.29 is 4.79 Å². The first-order chi connectivity index (χ1) is 14.0. The molecule has 0 saturated carbocycles. The van der Waals surface area contributed by atoms with E-state index >= 15 is 0 Å². The highest BCUT2D eigenvalue weighted by atomic mass is 32.2. The van der Waals surface area contributed by atoms with Gasteiger partial charge in [0.05, 0.1) is 16.7 Å². The van der Waals surface area contributed by atoms with Crippen LogP contribution in [0.3, 0.4) is 0 Å². The number of hydrogen-bond acceptors (Lipinski definition) is 4. The Balaban J connectivity index is 1.71. The van der Waals surface area contributed by atoms with Gasteiger partial charge < -0.3 is 4.98 Å². The first-order valence-electron chi connectivity index (χ1n) is 9.75. The predicted octanol–water partition coefficient (Wildman–Crippen LogP) is 5.13. The number of ketones is 1. The van der Waals surface area contributed by atoms with Gasteiger partial charge in [0.1, 0.15) is 0 Å². The second-order valence-corrected chi connectivity index (χ2v) is 8.17. The normalized spacial score (nSPS) is 12.5. The summed E-state index contributed by atoms with van der Waals surface area (Å²) in [5.74, 6) is 0.257. The first-order valence-corrected chi connectivity index (χ1v) is 10.7. The van der Waals surface area contributed by atoms with Gasteiger partial charge in [-0.25, -0.2) is 4.98 Å². The standard InChI is InChI=1S/C23H23N3O2S/c1-4-14(2)26-22(28)17-10-6-8-12-19(17)25-23(26)29-13-20(27)21-15(3)24-18-11-7-5-9-16(18)21/h5-12,14,24H,4,13H2,1-3H3/t14-/m0/s1. The molecule has 0 aliphatic rings. The molecule has 0 amide bonds. The molecule has 148 valence electrons. The molecule has 0 radical (unpaired) electrons. The van der Waals surface area contributed by atoms with E-state index in [2.05, 4.69) is 4.98 Å². The fourth-order valence-electron chi connectivity index (χ4n) is 3.64. The van der Waals surface area contributed by atoms with E-state index in [4.69, 9.17) is 4.98 Å². The van der Waals surface area contributed by atoms with Crippen LogP contribution in [-0.2, 0) is 0 Å². The Bertz CT molecular complexity index is 1270. The highest BCUT2D eigenvalue weighted by Crippen LogP contribution is 2.27. The molecule has 0 aliphatic carbocycles. The molecule has 6 heteroatoms. The number of nitrogens with one attached hydrogen (secondary N) is 1. The lowest BCUT2D eigenvalue weighted by molar-refractivity contribution is 0.102. The molecule has 0 saturated heterocycles. The van der Waals surface area contributed by atoms with Crippen molar-refractivity contribution in [3.8, 4) is 0 Å². The van der Waals surface area contributed by atoms with Gasteiger partial charge >= 0.3 is 0 Å². The van der Waals surface area contributed by atoms with E-state index < -0.39 is 0 Å². The molecule has 4 rings (SSSR count). The third-order valence-electron chi connectivity index (χ3n) is 5.31. The number of rotatable bonds is 6. The summed E-state index contributed by atoms with van der Waals surface area (Å²) in [6, 6.07) is 15.2. The van der Waals surface area contributed by atoms with Gasteiger partial charge in [0.2, 0.25) is 0 Å². The van der Waals surface area contributed by atoms with Crippen LogP contribution in [0.4, 0.5) is 0 Å². The topological polar surface area (TPSA) is 67.8 Å². The van der Waals surface area contributed by atoms with Crippen molar-refractivity contribution in [2.24, 2.45) is 0 Å². The number of carbonyl (C=O) groups is 1. The Hall–Kier alpha value is -2.86. The van der Waals surface area contributed by atoms with Gasteiger partial charge in [0, 0.05) is 28.2 Å². The molecule has 0 fully saturated rings. The number of hydrogen-bond donors (Lipinski definition) is 1. The summed E-state index contributed by atoms with van der Waals surface area (Å²) in [6.45, 7) is 5.97. The lowest BCUT2D eigenvalue weighted by Crippen LogP contribution is -2.26. The summed E-state index contributed by atoms with van der Waals surface area (Å²) >= 11 is 1.33. The smallest absolute Gasteiger partial charge is 0.262 e. The van der Waals surface area contributed by atoms with E-state index in [1.54, 1.807) is 10.6 Å². The largest absolute Gasteiger partial charge is 0.358 e. The lowest BCUT2D eigenvalue weighted by Gasteiger charge is -2.18. The summed E-state index contributed by atoms with van der Waals surface area (Å²) in [5.41, 5.74) is 3.14. The number of Topliss-reactive ketones (excluding diaryl/α,β-unsaturated/α-hetero) is 1. The molecule has 0 spiro atoms. The summed E-state index contributed by atoms with van der Waals surface area (Å²) in [5, 5.41) is 2.13. The maximum absolute atomic E-state index is 13.1. The van der Waals surface area contributed by atoms with E-state index in [1.807, 2.05) is 63.2 Å². The number of thioether (sulfide) groups is 1. The van der Waals surface area contributed by atoms with Crippen LogP contribution in [0.15, 0.2) is 58.5 Å². The number of para-hydroxylation sites is 2. The molecule has 1 N–H and O–H groups in total. The molecular weight excluding hydrogens is 382 g/mol. The fourth-order valence-corrected chi connectivity index (χ4v) is 4.61. The van der Waals surface area contributed by atoms with Crippen molar-refractivity contribution in [2.45, 2.75) is 38.4 Å². The van der Waals surface area contributed by atoms with Crippen LogP contribution in [-0.4, -0.2) is 26.1 Å². The van der Waals surface area contributed by atoms with E-state index in [1.165, 1.54) is 11.8 Å². The van der Waals surface area contributed by atoms with Gasteiger partial charge in [0.15, 0.2) is 10.9 Å². The van der Waals surface area contributed by atoms with E-state index in [0.29, 0.717) is 21.6 Å². The van der Waals surface area contributed by atoms with Gasteiger partial charge in [-0.3, -0.25) is 14.2 Å². The summed E-state index contributed by atoms with van der Waals surface area (Å²) < 4.78 is 1.72. The molecular formula is C23H23N3O2S. The lowest BCUT2D eigenvalue weighted by atomic mass is 10.1. The van der Waals surface area contributed by atoms with Crippen LogP contribution in [0.25, 0.3) is 21.8 Å². The van der Waals surface area contributed by atoms with Gasteiger partial charge in [-0.1, -0.05) is 49.0 Å². The number of aromatic nitrogens is 3. The Morgan fingerprint density at radius 3 is 2.59 bits per heavy atom. The molecule has 2 aromatic heterocycles. The number of aromatic amines is 1. The monoisotopic (exact) mass is 405 g/mol. The minimum absolute atomic E-state index is 0.00651. The maximum Gasteiger partial charge on any atom is 0.262 e. The van der Waals surface area contributed by atoms with Gasteiger partial charge in [-0.15, -0.1) is 0 Å². The zero-order chi connectivity index (χ0) is 20.5. The fraction of sp³-hybridized carbons (Fsp3) is 0.261. The van der Waals surface area contributed by atoms with Crippen LogP contribution >= 0.6 is 11.8 Å². The van der Waals surface area contributed by atoms with Crippen molar-refractivity contribution in [2.75, 3.05) is 5.75 Å². The Kier molecular flexibility index (Phi) is 5.28. The number of aryl methyl sites for hydroxylation is 1. The van der Waals surface area contributed by atoms with Gasteiger partial charge in [-0.2, -0.15) is 0 Å². The average molecular weight is 406 g/mol. The molecule has 0 aliphatic heterocycles. The van der Waals surface area contributed by atoms with Crippen LogP contribution in [0.1, 0.15) is 42.4 Å². The molecule has 0 unspecified atom stereocenters. The summed E-state index contributed by atoms with van der Waals surface area (Å²) in [4.78, 5) is 34.1. The summed E-state index contributed by atoms with van der Waals surface area (Å²) in [6.07, 6.45) is 0.809. The molecule has 4 aromatic rings. The van der Waals surface area contributed by atoms with Crippen molar-refractivity contribution in [1.29, 1.82) is 0 Å². The molecule has 5 nitrogen and oxygen atoms in total. The highest BCUT2D eigenvalue weighted by Gasteiger charge is 2.19.